The van der Waals surface area contributed by atoms with Gasteiger partial charge in [-0.15, -0.1) is 11.3 Å². The first-order valence-electron chi connectivity index (χ1n) is 6.50. The van der Waals surface area contributed by atoms with Crippen LogP contribution in [0.15, 0.2) is 6.07 Å². The highest BCUT2D eigenvalue weighted by Crippen LogP contribution is 2.37. The van der Waals surface area contributed by atoms with E-state index < -0.39 is 0 Å². The van der Waals surface area contributed by atoms with E-state index in [4.69, 9.17) is 5.11 Å². The Morgan fingerprint density at radius 1 is 1.20 bits per heavy atom. The fraction of sp³-hybridized carbons (Fsp3) is 0.357. The van der Waals surface area contributed by atoms with Crippen molar-refractivity contribution in [1.29, 1.82) is 0 Å². The molecule has 0 spiro atoms. The van der Waals surface area contributed by atoms with Gasteiger partial charge in [0, 0.05) is 17.6 Å². The first kappa shape index (κ1) is 13.2. The number of aliphatic hydroxyl groups is 1. The highest BCUT2D eigenvalue weighted by Gasteiger charge is 2.15. The monoisotopic (exact) mass is 288 g/mol. The van der Waals surface area contributed by atoms with Gasteiger partial charge in [-0.3, -0.25) is 0 Å². The average molecular weight is 288 g/mol. The summed E-state index contributed by atoms with van der Waals surface area (Å²) in [5, 5.41) is 13.2. The lowest BCUT2D eigenvalue weighted by Gasteiger charge is -2.05. The van der Waals surface area contributed by atoms with Crippen LogP contribution in [0.3, 0.4) is 0 Å². The van der Waals surface area contributed by atoms with Crippen LogP contribution in [-0.4, -0.2) is 33.2 Å². The third kappa shape index (κ3) is 2.10. The van der Waals surface area contributed by atoms with E-state index in [1.165, 1.54) is 5.56 Å². The van der Waals surface area contributed by atoms with E-state index in [9.17, 15) is 0 Å². The number of aliphatic hydroxyl groups excluding tert-OH is 1. The van der Waals surface area contributed by atoms with Crippen molar-refractivity contribution in [1.82, 2.24) is 15.0 Å². The second kappa shape index (κ2) is 4.96. The summed E-state index contributed by atoms with van der Waals surface area (Å²) in [5.41, 5.74) is 3.14. The van der Waals surface area contributed by atoms with Crippen molar-refractivity contribution in [3.05, 3.63) is 23.1 Å². The smallest absolute Gasteiger partial charge is 0.147 e. The fourth-order valence-corrected chi connectivity index (χ4v) is 3.59. The zero-order chi connectivity index (χ0) is 14.3. The van der Waals surface area contributed by atoms with Crippen molar-refractivity contribution in [3.8, 4) is 0 Å². The molecule has 0 atom stereocenters. The molecule has 0 aliphatic heterocycles. The van der Waals surface area contributed by atoms with Gasteiger partial charge in [-0.05, 0) is 32.4 Å². The summed E-state index contributed by atoms with van der Waals surface area (Å²) in [6, 6.07) is 2.08. The second-order valence-corrected chi connectivity index (χ2v) is 5.81. The summed E-state index contributed by atoms with van der Waals surface area (Å²) < 4.78 is 1.00. The Labute approximate surface area is 120 Å². The number of anilines is 1. The Morgan fingerprint density at radius 2 is 2.00 bits per heavy atom. The van der Waals surface area contributed by atoms with Gasteiger partial charge in [0.25, 0.3) is 0 Å². The van der Waals surface area contributed by atoms with Gasteiger partial charge < -0.3 is 10.4 Å². The minimum Gasteiger partial charge on any atom is -0.395 e. The molecule has 0 bridgehead atoms. The molecule has 2 N–H and O–H groups in total. The largest absolute Gasteiger partial charge is 0.395 e. The number of hydrogen-bond acceptors (Lipinski definition) is 6. The van der Waals surface area contributed by atoms with Crippen LogP contribution in [0.25, 0.3) is 20.4 Å². The molecule has 0 aliphatic rings. The predicted octanol–water partition coefficient (Wildman–Crippen LogP) is 2.57. The molecule has 0 unspecified atom stereocenters. The molecule has 20 heavy (non-hydrogen) atoms. The summed E-state index contributed by atoms with van der Waals surface area (Å²) in [6.07, 6.45) is 0. The Kier molecular flexibility index (Phi) is 3.27. The predicted molar refractivity (Wildman–Crippen MR) is 82.5 cm³/mol. The molecule has 0 radical (unpaired) electrons. The van der Waals surface area contributed by atoms with Crippen molar-refractivity contribution in [2.24, 2.45) is 0 Å². The molecule has 104 valence electrons. The maximum atomic E-state index is 8.97. The molecule has 3 rings (SSSR count). The number of nitrogens with one attached hydrogen (secondary N) is 1. The first-order chi connectivity index (χ1) is 9.60. The molecule has 0 saturated carbocycles. The zero-order valence-corrected chi connectivity index (χ0v) is 12.5. The molecule has 5 nitrogen and oxygen atoms in total. The molecule has 3 aromatic heterocycles. The van der Waals surface area contributed by atoms with Crippen molar-refractivity contribution < 1.29 is 5.11 Å². The molecule has 3 heterocycles. The van der Waals surface area contributed by atoms with Crippen LogP contribution >= 0.6 is 11.3 Å². The van der Waals surface area contributed by atoms with Crippen LogP contribution in [0.4, 0.5) is 5.82 Å². The van der Waals surface area contributed by atoms with Gasteiger partial charge in [-0.25, -0.2) is 15.0 Å². The van der Waals surface area contributed by atoms with Gasteiger partial charge in [0.1, 0.15) is 16.5 Å². The van der Waals surface area contributed by atoms with Crippen molar-refractivity contribution >= 4 is 37.6 Å². The molecular formula is C14H16N4OS. The highest BCUT2D eigenvalue weighted by molar-refractivity contribution is 7.26. The van der Waals surface area contributed by atoms with E-state index in [1.54, 1.807) is 11.3 Å². The SMILES string of the molecule is Cc1cc(C)c2c(n1)sc1c(NCCO)nc(C)nc12. The minimum atomic E-state index is 0.0752. The van der Waals surface area contributed by atoms with Crippen LogP contribution in [0, 0.1) is 20.8 Å². The van der Waals surface area contributed by atoms with Crippen molar-refractivity contribution in [2.75, 3.05) is 18.5 Å². The maximum absolute atomic E-state index is 8.97. The summed E-state index contributed by atoms with van der Waals surface area (Å²) >= 11 is 1.60. The van der Waals surface area contributed by atoms with E-state index in [-0.39, 0.29) is 6.61 Å². The van der Waals surface area contributed by atoms with Crippen LogP contribution in [0.5, 0.6) is 0 Å². The summed E-state index contributed by atoms with van der Waals surface area (Å²) in [7, 11) is 0. The molecule has 0 aromatic carbocycles. The Morgan fingerprint density at radius 3 is 2.75 bits per heavy atom. The number of fused-ring (bicyclic) bond motifs is 3. The zero-order valence-electron chi connectivity index (χ0n) is 11.7. The average Bonchev–Trinajstić information content (AvgIpc) is 2.74. The number of rotatable bonds is 3. The van der Waals surface area contributed by atoms with E-state index >= 15 is 0 Å². The lowest BCUT2D eigenvalue weighted by atomic mass is 10.1. The van der Waals surface area contributed by atoms with Gasteiger partial charge in [-0.1, -0.05) is 0 Å². The summed E-state index contributed by atoms with van der Waals surface area (Å²) in [6.45, 7) is 6.52. The molecule has 6 heteroatoms. The Balaban J connectivity index is 2.35. The number of aromatic nitrogens is 3. The number of thiophene rings is 1. The standard InChI is InChI=1S/C14H16N4OS/c1-7-6-8(2)16-14-10(7)11-12(20-14)13(15-4-5-19)18-9(3)17-11/h6,19H,4-5H2,1-3H3,(H,15,17,18). The summed E-state index contributed by atoms with van der Waals surface area (Å²) in [5.74, 6) is 1.50. The van der Waals surface area contributed by atoms with Gasteiger partial charge in [-0.2, -0.15) is 0 Å². The van der Waals surface area contributed by atoms with E-state index in [0.717, 1.165) is 37.8 Å². The number of nitrogens with zero attached hydrogens (tertiary/aromatic N) is 3. The molecular weight excluding hydrogens is 272 g/mol. The van der Waals surface area contributed by atoms with E-state index in [0.29, 0.717) is 6.54 Å². The van der Waals surface area contributed by atoms with Gasteiger partial charge in [0.2, 0.25) is 0 Å². The third-order valence-corrected chi connectivity index (χ3v) is 4.21. The molecule has 3 aromatic rings. The second-order valence-electron chi connectivity index (χ2n) is 4.81. The summed E-state index contributed by atoms with van der Waals surface area (Å²) in [4.78, 5) is 14.6. The van der Waals surface area contributed by atoms with Crippen LogP contribution in [-0.2, 0) is 0 Å². The van der Waals surface area contributed by atoms with Gasteiger partial charge >= 0.3 is 0 Å². The number of pyridine rings is 1. The fourth-order valence-electron chi connectivity index (χ4n) is 2.38. The topological polar surface area (TPSA) is 70.9 Å². The van der Waals surface area contributed by atoms with Crippen LogP contribution in [0.2, 0.25) is 0 Å². The lowest BCUT2D eigenvalue weighted by Crippen LogP contribution is -2.08. The van der Waals surface area contributed by atoms with E-state index in [2.05, 4.69) is 33.3 Å². The number of hydrogen-bond donors (Lipinski definition) is 2. The van der Waals surface area contributed by atoms with Crippen molar-refractivity contribution in [2.45, 2.75) is 20.8 Å². The molecule has 0 aliphatic carbocycles. The molecule has 0 amide bonds. The lowest BCUT2D eigenvalue weighted by molar-refractivity contribution is 0.311. The Hall–Kier alpha value is -1.79. The van der Waals surface area contributed by atoms with Crippen molar-refractivity contribution in [3.63, 3.8) is 0 Å². The Bertz CT molecular complexity index is 797. The third-order valence-electron chi connectivity index (χ3n) is 3.13. The molecule has 0 saturated heterocycles. The van der Waals surface area contributed by atoms with Gasteiger partial charge in [0.05, 0.1) is 16.8 Å². The van der Waals surface area contributed by atoms with Gasteiger partial charge in [0.15, 0.2) is 0 Å². The first-order valence-corrected chi connectivity index (χ1v) is 7.31. The van der Waals surface area contributed by atoms with Crippen LogP contribution in [0.1, 0.15) is 17.1 Å². The maximum Gasteiger partial charge on any atom is 0.147 e. The quantitative estimate of drug-likeness (QED) is 0.775. The highest BCUT2D eigenvalue weighted by atomic mass is 32.1. The normalized spacial score (nSPS) is 11.4. The van der Waals surface area contributed by atoms with Crippen LogP contribution < -0.4 is 5.32 Å². The number of aryl methyl sites for hydroxylation is 3. The minimum absolute atomic E-state index is 0.0752. The van der Waals surface area contributed by atoms with E-state index in [1.807, 2.05) is 13.8 Å². The molecule has 0 fully saturated rings.